The zero-order chi connectivity index (χ0) is 41.1. The normalized spacial score (nSPS) is 29.2. The highest BCUT2D eigenvalue weighted by Gasteiger charge is 2.61. The molecule has 57 heavy (non-hydrogen) atoms. The monoisotopic (exact) mass is 830 g/mol. The molecule has 3 heterocycles. The fraction of sp³-hybridized carbons (Fsp3) is 0.459. The summed E-state index contributed by atoms with van der Waals surface area (Å²) in [5, 5.41) is 35.8. The number of hydrogen-bond donors (Lipinski definition) is 1. The second-order valence-corrected chi connectivity index (χ2v) is 18.7. The first-order valence-corrected chi connectivity index (χ1v) is 20.9. The molecule has 0 amide bonds. The summed E-state index contributed by atoms with van der Waals surface area (Å²) >= 11 is 0. The van der Waals surface area contributed by atoms with E-state index in [4.69, 9.17) is 23.7 Å². The number of rotatable bonds is 12. The molecule has 20 heteroatoms. The highest BCUT2D eigenvalue weighted by atomic mass is 32.2. The average molecular weight is 831 g/mol. The van der Waals surface area contributed by atoms with Gasteiger partial charge in [0.05, 0.1) is 22.0 Å². The van der Waals surface area contributed by atoms with Gasteiger partial charge >= 0.3 is 0 Å². The van der Waals surface area contributed by atoms with Crippen molar-refractivity contribution < 1.29 is 55.5 Å². The highest BCUT2D eigenvalue weighted by Crippen LogP contribution is 2.45. The van der Waals surface area contributed by atoms with E-state index >= 15 is 0 Å². The van der Waals surface area contributed by atoms with Crippen LogP contribution in [-0.4, -0.2) is 107 Å². The van der Waals surface area contributed by atoms with Crippen LogP contribution in [0.2, 0.25) is 0 Å². The maximum Gasteiger partial charge on any atom is 0.289 e. The molecular weight excluding hydrogens is 789 g/mol. The molecule has 0 bridgehead atoms. The van der Waals surface area contributed by atoms with Gasteiger partial charge in [-0.1, -0.05) is 66.7 Å². The molecule has 3 fully saturated rings. The minimum atomic E-state index is -4.86. The predicted octanol–water partition coefficient (Wildman–Crippen LogP) is 3.84. The Bertz CT molecular complexity index is 2270. The molecule has 3 aliphatic heterocycles. The first-order chi connectivity index (χ1) is 26.8. The predicted molar refractivity (Wildman–Crippen MR) is 199 cm³/mol. The van der Waals surface area contributed by atoms with E-state index in [-0.39, 0.29) is 6.54 Å². The average Bonchev–Trinajstić information content (AvgIpc) is 3.67. The smallest absolute Gasteiger partial charge is 0.289 e. The van der Waals surface area contributed by atoms with Crippen molar-refractivity contribution in [3.8, 4) is 0 Å². The summed E-state index contributed by atoms with van der Waals surface area (Å²) in [6.45, 7) is 5.85. The van der Waals surface area contributed by atoms with Crippen molar-refractivity contribution in [3.63, 3.8) is 0 Å². The van der Waals surface area contributed by atoms with Gasteiger partial charge in [-0.3, -0.25) is 20.2 Å². The molecule has 0 unspecified atom stereocenters. The van der Waals surface area contributed by atoms with Gasteiger partial charge in [-0.05, 0) is 51.8 Å². The van der Waals surface area contributed by atoms with Crippen molar-refractivity contribution in [1.82, 2.24) is 8.61 Å². The van der Waals surface area contributed by atoms with Crippen LogP contribution in [0.1, 0.15) is 39.7 Å². The van der Waals surface area contributed by atoms with E-state index < -0.39 is 124 Å². The van der Waals surface area contributed by atoms with Gasteiger partial charge in [0.15, 0.2) is 27.7 Å². The first kappa shape index (κ1) is 41.0. The zero-order valence-corrected chi connectivity index (χ0v) is 32.9. The molecule has 3 saturated heterocycles. The van der Waals surface area contributed by atoms with Crippen LogP contribution in [0.4, 0.5) is 11.4 Å². The van der Waals surface area contributed by atoms with E-state index in [1.165, 1.54) is 36.4 Å². The number of nitro groups is 2. The molecule has 3 aromatic carbocycles. The summed E-state index contributed by atoms with van der Waals surface area (Å²) in [5.74, 6) is -2.26. The van der Waals surface area contributed by atoms with Crippen LogP contribution >= 0.6 is 0 Å². The fourth-order valence-electron chi connectivity index (χ4n) is 7.82. The highest BCUT2D eigenvalue weighted by molar-refractivity contribution is 7.89. The molecule has 0 aromatic heterocycles. The van der Waals surface area contributed by atoms with Gasteiger partial charge in [0.25, 0.3) is 31.4 Å². The SMILES string of the molecule is CC1(C)O[C@H]2[C@@H](O1)[C@@H](CN([C@H]1C=C[C@@H](O)[C@@H](N(Cc3ccccc3)S(=O)(=O)c3ccccc3[N+](=O)[O-])C1)S(=O)(=O)c1ccccc1[N+](=O)[O-])O[C@@H]1OC(C)(C)O[C@@H]12. The zero-order valence-electron chi connectivity index (χ0n) is 31.3. The number of benzene rings is 3. The number of para-hydroxylation sites is 2. The van der Waals surface area contributed by atoms with Crippen molar-refractivity contribution in [2.24, 2.45) is 0 Å². The topological polar surface area (TPSA) is 227 Å². The van der Waals surface area contributed by atoms with Crippen molar-refractivity contribution in [3.05, 3.63) is 117 Å². The van der Waals surface area contributed by atoms with Crippen LogP contribution < -0.4 is 0 Å². The number of aliphatic hydroxyl groups excluding tert-OH is 1. The molecule has 3 aromatic rings. The lowest BCUT2D eigenvalue weighted by atomic mass is 9.93. The van der Waals surface area contributed by atoms with Gasteiger partial charge in [0.2, 0.25) is 0 Å². The van der Waals surface area contributed by atoms with Crippen molar-refractivity contribution >= 4 is 31.4 Å². The Hall–Kier alpha value is -4.22. The van der Waals surface area contributed by atoms with E-state index in [1.54, 1.807) is 58.0 Å². The Kier molecular flexibility index (Phi) is 10.9. The summed E-state index contributed by atoms with van der Waals surface area (Å²) in [5.41, 5.74) is -0.929. The Morgan fingerprint density at radius 2 is 1.21 bits per heavy atom. The molecule has 1 aliphatic carbocycles. The lowest BCUT2D eigenvalue weighted by Gasteiger charge is -2.43. The van der Waals surface area contributed by atoms with Crippen LogP contribution in [0.5, 0.6) is 0 Å². The van der Waals surface area contributed by atoms with E-state index in [9.17, 15) is 42.2 Å². The number of nitrogens with zero attached hydrogens (tertiary/aromatic N) is 4. The lowest BCUT2D eigenvalue weighted by Crippen LogP contribution is -2.60. The standard InChI is InChI=1S/C37H42N4O14S2/c1-36(2)52-32-29(51-35-34(33(32)53-36)54-37(3,4)55-35)22-38(56(47,48)30-16-10-8-14-25(30)40(43)44)24-18-19-28(42)27(20-24)39(21-23-12-6-5-7-13-23)57(49,50)31-17-11-9-15-26(31)41(45)46/h5-19,24,27-29,32-35,42H,20-22H2,1-4H3/t24-,27-,28+,29+,32-,33-,34+,35+/m0/s1. The second kappa shape index (κ2) is 15.2. The minimum Gasteiger partial charge on any atom is -0.387 e. The van der Waals surface area contributed by atoms with Crippen molar-refractivity contribution in [2.75, 3.05) is 6.54 Å². The molecular formula is C37H42N4O14S2. The second-order valence-electron chi connectivity index (χ2n) is 15.0. The maximum atomic E-state index is 14.9. The quantitative estimate of drug-likeness (QED) is 0.156. The summed E-state index contributed by atoms with van der Waals surface area (Å²) < 4.78 is 91.8. The number of fused-ring (bicyclic) bond motifs is 3. The summed E-state index contributed by atoms with van der Waals surface area (Å²) in [4.78, 5) is 21.3. The van der Waals surface area contributed by atoms with Gasteiger partial charge in [-0.2, -0.15) is 8.61 Å². The van der Waals surface area contributed by atoms with Crippen LogP contribution in [0.25, 0.3) is 0 Å². The number of aliphatic hydroxyl groups is 1. The minimum absolute atomic E-state index is 0.361. The Morgan fingerprint density at radius 1 is 0.702 bits per heavy atom. The molecule has 0 radical (unpaired) electrons. The van der Waals surface area contributed by atoms with Gasteiger partial charge in [-0.15, -0.1) is 0 Å². The van der Waals surface area contributed by atoms with Gasteiger partial charge in [0, 0.05) is 31.3 Å². The van der Waals surface area contributed by atoms with E-state index in [0.717, 1.165) is 32.9 Å². The van der Waals surface area contributed by atoms with Gasteiger partial charge < -0.3 is 28.8 Å². The molecule has 7 rings (SSSR count). The van der Waals surface area contributed by atoms with Crippen LogP contribution in [0.3, 0.4) is 0 Å². The number of sulfonamides is 2. The van der Waals surface area contributed by atoms with Gasteiger partial charge in [0.1, 0.15) is 24.4 Å². The molecule has 18 nitrogen and oxygen atoms in total. The molecule has 306 valence electrons. The number of ether oxygens (including phenoxy) is 5. The molecule has 8 atom stereocenters. The van der Waals surface area contributed by atoms with Crippen LogP contribution in [0.15, 0.2) is 101 Å². The largest absolute Gasteiger partial charge is 0.387 e. The number of nitro benzene ring substituents is 2. The van der Waals surface area contributed by atoms with Crippen LogP contribution in [-0.2, 0) is 50.3 Å². The van der Waals surface area contributed by atoms with Crippen molar-refractivity contribution in [1.29, 1.82) is 0 Å². The fourth-order valence-corrected chi connectivity index (χ4v) is 11.4. The maximum absolute atomic E-state index is 14.9. The molecule has 0 saturated carbocycles. The van der Waals surface area contributed by atoms with E-state index in [0.29, 0.717) is 5.56 Å². The third-order valence-corrected chi connectivity index (χ3v) is 14.1. The third kappa shape index (κ3) is 7.98. The summed E-state index contributed by atoms with van der Waals surface area (Å²) in [6.07, 6.45) is -3.91. The van der Waals surface area contributed by atoms with E-state index in [1.807, 2.05) is 0 Å². The van der Waals surface area contributed by atoms with Gasteiger partial charge in [-0.25, -0.2) is 16.8 Å². The number of hydrogen-bond acceptors (Lipinski definition) is 14. The molecule has 0 spiro atoms. The Morgan fingerprint density at radius 3 is 1.81 bits per heavy atom. The van der Waals surface area contributed by atoms with Crippen LogP contribution in [0, 0.1) is 20.2 Å². The first-order valence-electron chi connectivity index (χ1n) is 18.1. The molecule has 4 aliphatic rings. The van der Waals surface area contributed by atoms with Crippen molar-refractivity contribution in [2.45, 2.75) is 111 Å². The Labute approximate surface area is 328 Å². The summed E-state index contributed by atoms with van der Waals surface area (Å²) in [6, 6.07) is 15.3. The summed E-state index contributed by atoms with van der Waals surface area (Å²) in [7, 11) is -9.64. The lowest BCUT2D eigenvalue weighted by molar-refractivity contribution is -0.388. The molecule has 1 N–H and O–H groups in total. The Balaban J connectivity index is 1.32. The van der Waals surface area contributed by atoms with E-state index in [2.05, 4.69) is 0 Å². The third-order valence-electron chi connectivity index (χ3n) is 10.2.